The van der Waals surface area contributed by atoms with Crippen LogP contribution in [0.2, 0.25) is 0 Å². The third-order valence-corrected chi connectivity index (χ3v) is 10.0. The van der Waals surface area contributed by atoms with Gasteiger partial charge in [-0.2, -0.15) is 0 Å². The summed E-state index contributed by atoms with van der Waals surface area (Å²) >= 11 is 0. The molecule has 2 saturated heterocycles. The number of rotatable bonds is 6. The van der Waals surface area contributed by atoms with Crippen LogP contribution in [0.1, 0.15) is 51.0 Å². The molecule has 0 aromatic heterocycles. The monoisotopic (exact) mass is 462 g/mol. The van der Waals surface area contributed by atoms with Crippen molar-refractivity contribution in [3.63, 3.8) is 0 Å². The van der Waals surface area contributed by atoms with Crippen molar-refractivity contribution >= 4 is 19.9 Å². The smallest absolute Gasteiger partial charge is 0.241 e. The summed E-state index contributed by atoms with van der Waals surface area (Å²) < 4.78 is 56.0. The van der Waals surface area contributed by atoms with E-state index in [2.05, 4.69) is 16.7 Å². The van der Waals surface area contributed by atoms with Crippen molar-refractivity contribution in [1.29, 1.82) is 0 Å². The van der Waals surface area contributed by atoms with Crippen LogP contribution in [0.3, 0.4) is 0 Å². The van der Waals surface area contributed by atoms with E-state index < -0.39 is 19.9 Å². The fourth-order valence-electron chi connectivity index (χ4n) is 4.92. The summed E-state index contributed by atoms with van der Waals surface area (Å²) in [5.41, 5.74) is 0.621. The summed E-state index contributed by atoms with van der Waals surface area (Å²) in [4.78, 5) is 2.56. The predicted octanol–water partition coefficient (Wildman–Crippen LogP) is 3.55. The van der Waals surface area contributed by atoms with E-state index in [4.69, 9.17) is 0 Å². The Morgan fingerprint density at radius 3 is 2.10 bits per heavy atom. The fraction of sp³-hybridized carbons (Fsp3) is 0.478. The molecule has 1 N–H and O–H groups in total. The van der Waals surface area contributed by atoms with Crippen LogP contribution < -0.4 is 4.72 Å². The molecular weight excluding hydrogens is 432 g/mol. The van der Waals surface area contributed by atoms with Crippen LogP contribution in [0.5, 0.6) is 0 Å². The fourth-order valence-corrected chi connectivity index (χ4v) is 7.95. The van der Waals surface area contributed by atoms with Crippen molar-refractivity contribution in [2.45, 2.75) is 78.3 Å². The van der Waals surface area contributed by atoms with E-state index in [0.29, 0.717) is 17.6 Å². The maximum atomic E-state index is 13.4. The number of fused-ring (bicyclic) bond motifs is 2. The van der Waals surface area contributed by atoms with E-state index in [1.54, 1.807) is 24.3 Å². The highest BCUT2D eigenvalue weighted by atomic mass is 32.2. The molecule has 2 heterocycles. The molecule has 2 fully saturated rings. The third-order valence-electron chi connectivity index (χ3n) is 6.68. The Balaban J connectivity index is 1.70. The number of benzene rings is 2. The van der Waals surface area contributed by atoms with Gasteiger partial charge < -0.3 is 4.90 Å². The van der Waals surface area contributed by atoms with Gasteiger partial charge in [0.1, 0.15) is 0 Å². The van der Waals surface area contributed by atoms with Gasteiger partial charge in [-0.05, 0) is 68.5 Å². The molecule has 2 aromatic rings. The zero-order valence-electron chi connectivity index (χ0n) is 18.2. The maximum absolute atomic E-state index is 13.4. The van der Waals surface area contributed by atoms with Gasteiger partial charge in [0.05, 0.1) is 14.7 Å². The zero-order chi connectivity index (χ0) is 22.4. The summed E-state index contributed by atoms with van der Waals surface area (Å²) in [5.74, 6) is -0.0614. The largest absolute Gasteiger partial charge is 0.300 e. The molecule has 2 unspecified atom stereocenters. The number of nitrogens with zero attached hydrogens (tertiary/aromatic N) is 1. The molecule has 2 aromatic carbocycles. The molecule has 2 bridgehead atoms. The Kier molecular flexibility index (Phi) is 6.02. The number of hydrogen-bond donors (Lipinski definition) is 1. The predicted molar refractivity (Wildman–Crippen MR) is 120 cm³/mol. The molecule has 0 spiro atoms. The molecular formula is C23H30N2O4S2. The quantitative estimate of drug-likeness (QED) is 0.710. The van der Waals surface area contributed by atoms with E-state index in [-0.39, 0.29) is 26.6 Å². The van der Waals surface area contributed by atoms with Crippen LogP contribution in [0.4, 0.5) is 0 Å². The van der Waals surface area contributed by atoms with Gasteiger partial charge in [-0.25, -0.2) is 21.6 Å². The van der Waals surface area contributed by atoms with Gasteiger partial charge in [0, 0.05) is 18.1 Å². The second-order valence-corrected chi connectivity index (χ2v) is 12.6. The molecule has 2 aliphatic rings. The number of sulfone groups is 1. The van der Waals surface area contributed by atoms with Crippen molar-refractivity contribution in [3.8, 4) is 0 Å². The number of nitrogens with one attached hydrogen (secondary N) is 1. The van der Waals surface area contributed by atoms with Crippen LogP contribution in [-0.2, 0) is 19.9 Å². The first kappa shape index (κ1) is 22.5. The molecule has 0 amide bonds. The van der Waals surface area contributed by atoms with E-state index in [0.717, 1.165) is 25.7 Å². The van der Waals surface area contributed by atoms with Crippen LogP contribution in [0.25, 0.3) is 0 Å². The molecule has 8 heteroatoms. The standard InChI is InChI=1S/C23H30N2O4S2/c1-16(2)22-12-11-21(30(26,27)20-7-5-4-6-8-20)15-23(22)31(28,29)24-17-13-18-9-10-19(14-17)25(18)3/h4-8,11-12,15-19,24H,9-10,13-14H2,1-3H3. The normalized spacial score (nSPS) is 24.6. The molecule has 4 rings (SSSR count). The van der Waals surface area contributed by atoms with E-state index >= 15 is 0 Å². The molecule has 31 heavy (non-hydrogen) atoms. The highest BCUT2D eigenvalue weighted by molar-refractivity contribution is 7.91. The van der Waals surface area contributed by atoms with Gasteiger partial charge in [0.25, 0.3) is 0 Å². The van der Waals surface area contributed by atoms with Gasteiger partial charge in [-0.3, -0.25) is 0 Å². The Hall–Kier alpha value is -1.74. The first-order valence-electron chi connectivity index (χ1n) is 10.8. The topological polar surface area (TPSA) is 83.5 Å². The van der Waals surface area contributed by atoms with E-state index in [1.807, 2.05) is 13.8 Å². The van der Waals surface area contributed by atoms with Crippen molar-refractivity contribution in [2.75, 3.05) is 7.05 Å². The Morgan fingerprint density at radius 1 is 0.903 bits per heavy atom. The van der Waals surface area contributed by atoms with E-state index in [1.165, 1.54) is 24.3 Å². The first-order valence-corrected chi connectivity index (χ1v) is 13.7. The maximum Gasteiger partial charge on any atom is 0.241 e. The molecule has 0 saturated carbocycles. The first-order chi connectivity index (χ1) is 14.6. The average Bonchev–Trinajstić information content (AvgIpc) is 2.94. The second kappa shape index (κ2) is 8.31. The lowest BCUT2D eigenvalue weighted by Crippen LogP contribution is -2.48. The molecule has 2 aliphatic heterocycles. The number of piperidine rings is 1. The minimum absolute atomic E-state index is 0.00748. The van der Waals surface area contributed by atoms with Gasteiger partial charge in [0.15, 0.2) is 0 Å². The lowest BCUT2D eigenvalue weighted by molar-refractivity contribution is 0.157. The van der Waals surface area contributed by atoms with Gasteiger partial charge in [0.2, 0.25) is 19.9 Å². The highest BCUT2D eigenvalue weighted by Gasteiger charge is 2.40. The Morgan fingerprint density at radius 2 is 1.52 bits per heavy atom. The average molecular weight is 463 g/mol. The van der Waals surface area contributed by atoms with Crippen LogP contribution in [-0.4, -0.2) is 46.9 Å². The molecule has 0 radical (unpaired) electrons. The summed E-state index contributed by atoms with van der Waals surface area (Å²) in [6, 6.07) is 13.2. The van der Waals surface area contributed by atoms with Gasteiger partial charge in [-0.1, -0.05) is 38.1 Å². The number of sulfonamides is 1. The van der Waals surface area contributed by atoms with Crippen molar-refractivity contribution in [3.05, 3.63) is 54.1 Å². The SMILES string of the molecule is CC(C)c1ccc(S(=O)(=O)c2ccccc2)cc1S(=O)(=O)NC1CC2CCC(C1)N2C. The third kappa shape index (κ3) is 4.31. The second-order valence-electron chi connectivity index (χ2n) is 9.01. The van der Waals surface area contributed by atoms with Gasteiger partial charge in [-0.15, -0.1) is 0 Å². The summed E-state index contributed by atoms with van der Waals surface area (Å²) in [6.45, 7) is 3.82. The Labute approximate surface area is 185 Å². The molecule has 2 atom stereocenters. The molecule has 0 aliphatic carbocycles. The summed E-state index contributed by atoms with van der Waals surface area (Å²) in [5, 5.41) is 0. The molecule has 6 nitrogen and oxygen atoms in total. The van der Waals surface area contributed by atoms with Crippen LogP contribution >= 0.6 is 0 Å². The van der Waals surface area contributed by atoms with E-state index in [9.17, 15) is 16.8 Å². The van der Waals surface area contributed by atoms with Crippen LogP contribution in [0.15, 0.2) is 63.2 Å². The highest BCUT2D eigenvalue weighted by Crippen LogP contribution is 2.35. The Bertz CT molecular complexity index is 1150. The zero-order valence-corrected chi connectivity index (χ0v) is 19.8. The van der Waals surface area contributed by atoms with Crippen LogP contribution in [0, 0.1) is 0 Å². The molecule has 168 valence electrons. The summed E-state index contributed by atoms with van der Waals surface area (Å²) in [7, 11) is -5.57. The van der Waals surface area contributed by atoms with Crippen molar-refractivity contribution in [1.82, 2.24) is 9.62 Å². The minimum atomic E-state index is -3.87. The van der Waals surface area contributed by atoms with Crippen molar-refractivity contribution < 1.29 is 16.8 Å². The van der Waals surface area contributed by atoms with Crippen molar-refractivity contribution in [2.24, 2.45) is 0 Å². The minimum Gasteiger partial charge on any atom is -0.300 e. The lowest BCUT2D eigenvalue weighted by atomic mass is 9.99. The summed E-state index contributed by atoms with van der Waals surface area (Å²) in [6.07, 6.45) is 3.76. The van der Waals surface area contributed by atoms with Gasteiger partial charge >= 0.3 is 0 Å². The lowest BCUT2D eigenvalue weighted by Gasteiger charge is -2.36. The number of hydrogen-bond acceptors (Lipinski definition) is 5.